The highest BCUT2D eigenvalue weighted by molar-refractivity contribution is 7.89. The number of piperazine rings is 1. The van der Waals surface area contributed by atoms with E-state index >= 15 is 0 Å². The molecule has 0 amide bonds. The molecule has 0 bridgehead atoms. The lowest BCUT2D eigenvalue weighted by atomic mass is 10.2. The molecule has 4 rings (SSSR count). The molecule has 3 aromatic rings. The molecule has 0 atom stereocenters. The van der Waals surface area contributed by atoms with Crippen LogP contribution in [0.1, 0.15) is 12.2 Å². The van der Waals surface area contributed by atoms with Gasteiger partial charge in [0.1, 0.15) is 11.6 Å². The molecule has 1 aliphatic rings. The Morgan fingerprint density at radius 1 is 0.973 bits per heavy atom. The zero-order valence-electron chi connectivity index (χ0n) is 22.0. The lowest BCUT2D eigenvalue weighted by Gasteiger charge is -2.33. The molecule has 1 saturated heterocycles. The van der Waals surface area contributed by atoms with Crippen LogP contribution < -0.4 is 14.8 Å². The number of hydrogen-bond donors (Lipinski definition) is 1. The maximum absolute atomic E-state index is 13.3. The van der Waals surface area contributed by atoms with Crippen molar-refractivity contribution >= 4 is 26.7 Å². The third kappa shape index (κ3) is 6.48. The molecule has 1 aliphatic heterocycles. The second-order valence-corrected chi connectivity index (χ2v) is 11.2. The molecule has 1 N–H and O–H groups in total. The van der Waals surface area contributed by atoms with E-state index in [9.17, 15) is 8.42 Å². The van der Waals surface area contributed by atoms with Gasteiger partial charge in [0.15, 0.2) is 11.5 Å². The molecule has 11 heteroatoms. The van der Waals surface area contributed by atoms with Crippen molar-refractivity contribution in [2.24, 2.45) is 0 Å². The zero-order chi connectivity index (χ0) is 26.4. The van der Waals surface area contributed by atoms with Crippen LogP contribution in [-0.4, -0.2) is 100 Å². The number of sulfonamides is 1. The summed E-state index contributed by atoms with van der Waals surface area (Å²) < 4.78 is 38.5. The van der Waals surface area contributed by atoms with Crippen molar-refractivity contribution in [1.82, 2.24) is 24.1 Å². The normalized spacial score (nSPS) is 15.3. The predicted molar refractivity (Wildman–Crippen MR) is 145 cm³/mol. The van der Waals surface area contributed by atoms with Crippen LogP contribution in [0.3, 0.4) is 0 Å². The second-order valence-electron chi connectivity index (χ2n) is 9.29. The van der Waals surface area contributed by atoms with Gasteiger partial charge in [0.2, 0.25) is 10.0 Å². The summed E-state index contributed by atoms with van der Waals surface area (Å²) in [4.78, 5) is 14.2. The third-order valence-electron chi connectivity index (χ3n) is 6.41. The zero-order valence-corrected chi connectivity index (χ0v) is 22.8. The van der Waals surface area contributed by atoms with Crippen molar-refractivity contribution < 1.29 is 17.9 Å². The molecule has 0 radical (unpaired) electrons. The summed E-state index contributed by atoms with van der Waals surface area (Å²) in [5, 5.41) is 4.48. The van der Waals surface area contributed by atoms with Gasteiger partial charge in [-0.05, 0) is 51.3 Å². The van der Waals surface area contributed by atoms with Crippen molar-refractivity contribution in [3.05, 3.63) is 48.3 Å². The van der Waals surface area contributed by atoms with Gasteiger partial charge in [0.25, 0.3) is 0 Å². The van der Waals surface area contributed by atoms with Gasteiger partial charge in [-0.15, -0.1) is 0 Å². The fourth-order valence-corrected chi connectivity index (χ4v) is 5.82. The standard InChI is InChI=1S/C26H36N6O4S/c1-30(2)13-7-12-27-26-21-8-5-6-9-22(21)28-25(29-26)19-31-14-16-32(17-15-31)37(33,34)20-10-11-23(35-3)24(18-20)36-4/h5-6,8-11,18H,7,12-17,19H2,1-4H3,(H,27,28,29). The number of methoxy groups -OCH3 is 2. The highest BCUT2D eigenvalue weighted by atomic mass is 32.2. The molecule has 0 saturated carbocycles. The number of benzene rings is 2. The Kier molecular flexibility index (Phi) is 8.80. The number of fused-ring (bicyclic) bond motifs is 1. The molecular weight excluding hydrogens is 492 g/mol. The summed E-state index contributed by atoms with van der Waals surface area (Å²) >= 11 is 0. The number of aromatic nitrogens is 2. The number of rotatable bonds is 11. The van der Waals surface area contributed by atoms with Gasteiger partial charge in [0.05, 0.1) is 31.2 Å². The van der Waals surface area contributed by atoms with E-state index in [4.69, 9.17) is 19.4 Å². The van der Waals surface area contributed by atoms with Crippen molar-refractivity contribution in [2.75, 3.05) is 72.9 Å². The fourth-order valence-electron chi connectivity index (χ4n) is 4.39. The molecule has 0 aliphatic carbocycles. The molecule has 200 valence electrons. The number of nitrogens with zero attached hydrogens (tertiary/aromatic N) is 5. The number of para-hydroxylation sites is 1. The summed E-state index contributed by atoms with van der Waals surface area (Å²) in [5.41, 5.74) is 0.900. The van der Waals surface area contributed by atoms with Gasteiger partial charge in [-0.2, -0.15) is 4.31 Å². The predicted octanol–water partition coefficient (Wildman–Crippen LogP) is 2.52. The third-order valence-corrected chi connectivity index (χ3v) is 8.31. The molecule has 37 heavy (non-hydrogen) atoms. The minimum absolute atomic E-state index is 0.196. The summed E-state index contributed by atoms with van der Waals surface area (Å²) in [6, 6.07) is 12.7. The molecule has 2 heterocycles. The summed E-state index contributed by atoms with van der Waals surface area (Å²) in [6.45, 7) is 4.34. The second kappa shape index (κ2) is 12.0. The Morgan fingerprint density at radius 2 is 1.70 bits per heavy atom. The lowest BCUT2D eigenvalue weighted by molar-refractivity contribution is 0.178. The minimum Gasteiger partial charge on any atom is -0.493 e. The first kappa shape index (κ1) is 27.1. The van der Waals surface area contributed by atoms with Gasteiger partial charge in [0, 0.05) is 44.2 Å². The summed E-state index contributed by atoms with van der Waals surface area (Å²) in [6.07, 6.45) is 1.01. The maximum atomic E-state index is 13.3. The molecule has 1 aromatic heterocycles. The van der Waals surface area contributed by atoms with Crippen LogP contribution in [0, 0.1) is 0 Å². The largest absolute Gasteiger partial charge is 0.493 e. The topological polar surface area (TPSA) is 100 Å². The summed E-state index contributed by atoms with van der Waals surface area (Å²) in [5.74, 6) is 2.45. The monoisotopic (exact) mass is 528 g/mol. The van der Waals surface area contributed by atoms with Crippen LogP contribution in [0.2, 0.25) is 0 Å². The van der Waals surface area contributed by atoms with Gasteiger partial charge in [-0.25, -0.2) is 18.4 Å². The number of anilines is 1. The van der Waals surface area contributed by atoms with Gasteiger partial charge < -0.3 is 19.7 Å². The first-order valence-corrected chi connectivity index (χ1v) is 13.8. The first-order valence-electron chi connectivity index (χ1n) is 12.4. The average molecular weight is 529 g/mol. The van der Waals surface area contributed by atoms with E-state index in [-0.39, 0.29) is 4.90 Å². The van der Waals surface area contributed by atoms with Crippen LogP contribution >= 0.6 is 0 Å². The molecule has 10 nitrogen and oxygen atoms in total. The molecule has 2 aromatic carbocycles. The molecule has 1 fully saturated rings. The van der Waals surface area contributed by atoms with E-state index in [0.29, 0.717) is 44.2 Å². The first-order chi connectivity index (χ1) is 17.8. The van der Waals surface area contributed by atoms with E-state index in [0.717, 1.165) is 42.1 Å². The van der Waals surface area contributed by atoms with Crippen molar-refractivity contribution in [3.63, 3.8) is 0 Å². The van der Waals surface area contributed by atoms with Gasteiger partial charge >= 0.3 is 0 Å². The molecule has 0 unspecified atom stereocenters. The highest BCUT2D eigenvalue weighted by Crippen LogP contribution is 2.31. The van der Waals surface area contributed by atoms with Crippen molar-refractivity contribution in [2.45, 2.75) is 17.9 Å². The average Bonchev–Trinajstić information content (AvgIpc) is 2.90. The Balaban J connectivity index is 1.42. The lowest BCUT2D eigenvalue weighted by Crippen LogP contribution is -2.48. The van der Waals surface area contributed by atoms with Crippen LogP contribution in [0.15, 0.2) is 47.4 Å². The Bertz CT molecular complexity index is 1310. The van der Waals surface area contributed by atoms with E-state index in [1.807, 2.05) is 24.3 Å². The van der Waals surface area contributed by atoms with Gasteiger partial charge in [-0.1, -0.05) is 12.1 Å². The number of nitrogens with one attached hydrogen (secondary N) is 1. The fraction of sp³-hybridized carbons (Fsp3) is 0.462. The number of ether oxygens (including phenoxy) is 2. The van der Waals surface area contributed by atoms with Crippen LogP contribution in [-0.2, 0) is 16.6 Å². The van der Waals surface area contributed by atoms with E-state index in [1.54, 1.807) is 12.1 Å². The maximum Gasteiger partial charge on any atom is 0.243 e. The molecule has 0 spiro atoms. The van der Waals surface area contributed by atoms with E-state index < -0.39 is 10.0 Å². The van der Waals surface area contributed by atoms with E-state index in [2.05, 4.69) is 29.2 Å². The SMILES string of the molecule is COc1ccc(S(=O)(=O)N2CCN(Cc3nc(NCCCN(C)C)c4ccccc4n3)CC2)cc1OC. The van der Waals surface area contributed by atoms with Crippen molar-refractivity contribution in [3.8, 4) is 11.5 Å². The van der Waals surface area contributed by atoms with Crippen LogP contribution in [0.4, 0.5) is 5.82 Å². The Labute approximate surface area is 219 Å². The van der Waals surface area contributed by atoms with Crippen molar-refractivity contribution in [1.29, 1.82) is 0 Å². The quantitative estimate of drug-likeness (QED) is 0.376. The number of hydrogen-bond acceptors (Lipinski definition) is 9. The minimum atomic E-state index is -3.64. The Hall–Kier alpha value is -2.99. The smallest absolute Gasteiger partial charge is 0.243 e. The Morgan fingerprint density at radius 3 is 2.41 bits per heavy atom. The van der Waals surface area contributed by atoms with Gasteiger partial charge in [-0.3, -0.25) is 4.90 Å². The van der Waals surface area contributed by atoms with Crippen LogP contribution in [0.5, 0.6) is 11.5 Å². The summed E-state index contributed by atoms with van der Waals surface area (Å²) in [7, 11) is 3.50. The molecular formula is C26H36N6O4S. The van der Waals surface area contributed by atoms with Crippen LogP contribution in [0.25, 0.3) is 10.9 Å². The van der Waals surface area contributed by atoms with E-state index in [1.165, 1.54) is 24.6 Å². The highest BCUT2D eigenvalue weighted by Gasteiger charge is 2.29.